The Kier molecular flexibility index (Phi) is 3.26. The molecular formula is C11H13BBrNO2. The molecule has 3 nitrogen and oxygen atoms in total. The molecule has 2 unspecified atom stereocenters. The molecule has 1 aliphatic rings. The predicted octanol–water partition coefficient (Wildman–Crippen LogP) is 1.48. The zero-order valence-electron chi connectivity index (χ0n) is 9.34. The summed E-state index contributed by atoms with van der Waals surface area (Å²) in [6.07, 6.45) is 2.16. The van der Waals surface area contributed by atoms with Crippen LogP contribution in [-0.2, 0) is 4.74 Å². The SMILES string of the molecule is [B]c1c(C)[nH]c(C2CCC(C)O2)c(Br)c1=O. The third-order valence-corrected chi connectivity index (χ3v) is 3.75. The van der Waals surface area contributed by atoms with E-state index in [2.05, 4.69) is 20.9 Å². The van der Waals surface area contributed by atoms with E-state index in [4.69, 9.17) is 12.6 Å². The van der Waals surface area contributed by atoms with Crippen molar-refractivity contribution in [1.82, 2.24) is 4.98 Å². The van der Waals surface area contributed by atoms with Crippen molar-refractivity contribution in [2.45, 2.75) is 38.9 Å². The van der Waals surface area contributed by atoms with Crippen molar-refractivity contribution in [2.75, 3.05) is 0 Å². The molecule has 0 amide bonds. The smallest absolute Gasteiger partial charge is 0.189 e. The fourth-order valence-electron chi connectivity index (χ4n) is 1.97. The van der Waals surface area contributed by atoms with Gasteiger partial charge in [-0.25, -0.2) is 0 Å². The van der Waals surface area contributed by atoms with E-state index in [0.717, 1.165) is 18.5 Å². The quantitative estimate of drug-likeness (QED) is 0.793. The van der Waals surface area contributed by atoms with Gasteiger partial charge in [-0.3, -0.25) is 4.79 Å². The second kappa shape index (κ2) is 4.38. The summed E-state index contributed by atoms with van der Waals surface area (Å²) < 4.78 is 6.23. The summed E-state index contributed by atoms with van der Waals surface area (Å²) in [7, 11) is 5.66. The van der Waals surface area contributed by atoms with Crippen LogP contribution < -0.4 is 10.9 Å². The lowest BCUT2D eigenvalue weighted by atomic mass is 9.93. The molecule has 1 saturated heterocycles. The van der Waals surface area contributed by atoms with Gasteiger partial charge in [0.1, 0.15) is 7.85 Å². The largest absolute Gasteiger partial charge is 0.369 e. The maximum absolute atomic E-state index is 11.8. The molecule has 84 valence electrons. The van der Waals surface area contributed by atoms with E-state index in [-0.39, 0.29) is 23.1 Å². The normalized spacial score (nSPS) is 24.9. The number of ether oxygens (including phenoxy) is 1. The summed E-state index contributed by atoms with van der Waals surface area (Å²) in [5.74, 6) is 0. The van der Waals surface area contributed by atoms with Gasteiger partial charge in [-0.05, 0) is 48.1 Å². The van der Waals surface area contributed by atoms with Gasteiger partial charge in [0.25, 0.3) is 0 Å². The average molecular weight is 282 g/mol. The molecule has 5 heteroatoms. The summed E-state index contributed by atoms with van der Waals surface area (Å²) in [4.78, 5) is 15.0. The van der Waals surface area contributed by atoms with Gasteiger partial charge < -0.3 is 9.72 Å². The molecule has 1 aromatic rings. The molecular weight excluding hydrogens is 269 g/mol. The summed E-state index contributed by atoms with van der Waals surface area (Å²) in [6.45, 7) is 3.83. The van der Waals surface area contributed by atoms with Crippen molar-refractivity contribution in [3.8, 4) is 0 Å². The molecule has 0 spiro atoms. The first kappa shape index (κ1) is 11.9. The van der Waals surface area contributed by atoms with E-state index in [1.54, 1.807) is 6.92 Å². The van der Waals surface area contributed by atoms with Crippen molar-refractivity contribution in [2.24, 2.45) is 0 Å². The van der Waals surface area contributed by atoms with E-state index in [9.17, 15) is 4.79 Å². The van der Waals surface area contributed by atoms with Crippen molar-refractivity contribution >= 4 is 29.2 Å². The molecule has 2 radical (unpaired) electrons. The van der Waals surface area contributed by atoms with Gasteiger partial charge in [-0.15, -0.1) is 0 Å². The molecule has 0 saturated carbocycles. The average Bonchev–Trinajstić information content (AvgIpc) is 2.67. The topological polar surface area (TPSA) is 42.1 Å². The second-order valence-electron chi connectivity index (χ2n) is 4.23. The van der Waals surface area contributed by atoms with E-state index in [1.165, 1.54) is 0 Å². The van der Waals surface area contributed by atoms with Gasteiger partial charge >= 0.3 is 0 Å². The van der Waals surface area contributed by atoms with Gasteiger partial charge in [0.15, 0.2) is 5.43 Å². The number of aromatic amines is 1. The Morgan fingerprint density at radius 1 is 1.50 bits per heavy atom. The van der Waals surface area contributed by atoms with Gasteiger partial charge in [0, 0.05) is 5.69 Å². The minimum Gasteiger partial charge on any atom is -0.369 e. The lowest BCUT2D eigenvalue weighted by molar-refractivity contribution is 0.0525. The summed E-state index contributed by atoms with van der Waals surface area (Å²) in [5.41, 5.74) is 1.61. The highest BCUT2D eigenvalue weighted by molar-refractivity contribution is 9.10. The Bertz CT molecular complexity index is 472. The zero-order valence-corrected chi connectivity index (χ0v) is 10.9. The van der Waals surface area contributed by atoms with E-state index in [1.807, 2.05) is 6.92 Å². The number of pyridine rings is 1. The second-order valence-corrected chi connectivity index (χ2v) is 5.03. The Hall–Kier alpha value is -0.545. The van der Waals surface area contributed by atoms with E-state index in [0.29, 0.717) is 10.2 Å². The van der Waals surface area contributed by atoms with E-state index >= 15 is 0 Å². The van der Waals surface area contributed by atoms with Crippen LogP contribution in [0.1, 0.15) is 37.3 Å². The predicted molar refractivity (Wildman–Crippen MR) is 67.4 cm³/mol. The van der Waals surface area contributed by atoms with Crippen LogP contribution in [0.15, 0.2) is 9.27 Å². The molecule has 1 aliphatic heterocycles. The Morgan fingerprint density at radius 3 is 2.75 bits per heavy atom. The minimum absolute atomic E-state index is 0.0311. The van der Waals surface area contributed by atoms with Crippen molar-refractivity contribution < 1.29 is 4.74 Å². The Morgan fingerprint density at radius 2 is 2.19 bits per heavy atom. The van der Waals surface area contributed by atoms with E-state index < -0.39 is 0 Å². The van der Waals surface area contributed by atoms with Crippen molar-refractivity contribution in [3.05, 3.63) is 26.1 Å². The van der Waals surface area contributed by atoms with Crippen LogP contribution in [0, 0.1) is 6.92 Å². The van der Waals surface area contributed by atoms with Gasteiger partial charge in [0.05, 0.1) is 22.4 Å². The Labute approximate surface area is 104 Å². The number of rotatable bonds is 1. The monoisotopic (exact) mass is 281 g/mol. The van der Waals surface area contributed by atoms with Crippen LogP contribution in [0.4, 0.5) is 0 Å². The molecule has 2 atom stereocenters. The first-order chi connectivity index (χ1) is 7.50. The number of hydrogen-bond donors (Lipinski definition) is 1. The molecule has 16 heavy (non-hydrogen) atoms. The highest BCUT2D eigenvalue weighted by Crippen LogP contribution is 2.33. The van der Waals surface area contributed by atoms with Crippen LogP contribution in [0.5, 0.6) is 0 Å². The molecule has 1 aromatic heterocycles. The number of nitrogens with one attached hydrogen (secondary N) is 1. The molecule has 0 aliphatic carbocycles. The van der Waals surface area contributed by atoms with Gasteiger partial charge in [-0.2, -0.15) is 0 Å². The molecule has 1 fully saturated rings. The molecule has 0 bridgehead atoms. The summed E-state index contributed by atoms with van der Waals surface area (Å²) in [5, 5.41) is 0. The fourth-order valence-corrected chi connectivity index (χ4v) is 2.54. The van der Waals surface area contributed by atoms with Crippen LogP contribution in [0.3, 0.4) is 0 Å². The molecule has 1 N–H and O–H groups in total. The standard InChI is InChI=1S/C11H13BBrNO2/c1-5-3-4-7(16-5)10-9(13)11(15)8(12)6(2)14-10/h5,7H,3-4H2,1-2H3,(H,14,15). The number of aromatic nitrogens is 1. The number of H-pyrrole nitrogens is 1. The zero-order chi connectivity index (χ0) is 11.9. The first-order valence-electron chi connectivity index (χ1n) is 5.34. The highest BCUT2D eigenvalue weighted by atomic mass is 79.9. The molecule has 2 heterocycles. The van der Waals surface area contributed by atoms with Crippen LogP contribution in [-0.4, -0.2) is 18.9 Å². The van der Waals surface area contributed by atoms with Crippen LogP contribution >= 0.6 is 15.9 Å². The summed E-state index contributed by atoms with van der Waals surface area (Å²) in [6, 6.07) is 0. The molecule has 0 aromatic carbocycles. The fraction of sp³-hybridized carbons (Fsp3) is 0.545. The molecule has 2 rings (SSSR count). The van der Waals surface area contributed by atoms with Gasteiger partial charge in [-0.1, -0.05) is 0 Å². The lowest BCUT2D eigenvalue weighted by Gasteiger charge is -2.15. The van der Waals surface area contributed by atoms with Crippen LogP contribution in [0.25, 0.3) is 0 Å². The summed E-state index contributed by atoms with van der Waals surface area (Å²) >= 11 is 3.29. The number of aryl methyl sites for hydroxylation is 1. The Balaban J connectivity index is 2.46. The lowest BCUT2D eigenvalue weighted by Crippen LogP contribution is -2.31. The highest BCUT2D eigenvalue weighted by Gasteiger charge is 2.27. The maximum Gasteiger partial charge on any atom is 0.189 e. The third kappa shape index (κ3) is 1.98. The number of hydrogen-bond acceptors (Lipinski definition) is 2. The first-order valence-corrected chi connectivity index (χ1v) is 6.13. The third-order valence-electron chi connectivity index (χ3n) is 2.96. The van der Waals surface area contributed by atoms with Crippen LogP contribution in [0.2, 0.25) is 0 Å². The van der Waals surface area contributed by atoms with Crippen molar-refractivity contribution in [1.29, 1.82) is 0 Å². The number of halogens is 1. The maximum atomic E-state index is 11.8. The minimum atomic E-state index is -0.158. The van der Waals surface area contributed by atoms with Crippen molar-refractivity contribution in [3.63, 3.8) is 0 Å². The van der Waals surface area contributed by atoms with Gasteiger partial charge in [0.2, 0.25) is 0 Å².